The van der Waals surface area contributed by atoms with Gasteiger partial charge in [-0.05, 0) is 51.4 Å². The minimum atomic E-state index is -0.874. The van der Waals surface area contributed by atoms with E-state index in [1.807, 2.05) is 21.1 Å². The highest BCUT2D eigenvalue weighted by Crippen LogP contribution is 2.15. The van der Waals surface area contributed by atoms with E-state index in [4.69, 9.17) is 14.2 Å². The second kappa shape index (κ2) is 43.0. The largest absolute Gasteiger partial charge is 0.477 e. The highest BCUT2D eigenvalue weighted by atomic mass is 16.6. The number of ether oxygens (including phenoxy) is 3. The van der Waals surface area contributed by atoms with Gasteiger partial charge in [-0.1, -0.05) is 191 Å². The molecule has 0 spiro atoms. The number of allylic oxidation sites excluding steroid dienone is 8. The van der Waals surface area contributed by atoms with E-state index in [0.29, 0.717) is 19.3 Å². The van der Waals surface area contributed by atoms with Crippen molar-refractivity contribution in [2.24, 2.45) is 0 Å². The Morgan fingerprint density at radius 2 is 0.933 bits per heavy atom. The first-order valence-electron chi connectivity index (χ1n) is 24.7. The normalized spacial score (nSPS) is 13.3. The van der Waals surface area contributed by atoms with E-state index in [9.17, 15) is 19.5 Å². The maximum Gasteiger partial charge on any atom is 0.362 e. The van der Waals surface area contributed by atoms with Crippen molar-refractivity contribution in [3.63, 3.8) is 0 Å². The molecule has 0 fully saturated rings. The molecule has 0 radical (unpaired) electrons. The highest BCUT2D eigenvalue weighted by Gasteiger charge is 2.31. The van der Waals surface area contributed by atoms with Crippen LogP contribution in [0.25, 0.3) is 0 Å². The molecule has 60 heavy (non-hydrogen) atoms. The van der Waals surface area contributed by atoms with Gasteiger partial charge < -0.3 is 23.8 Å². The molecule has 0 aliphatic carbocycles. The van der Waals surface area contributed by atoms with Crippen molar-refractivity contribution in [1.29, 1.82) is 0 Å². The van der Waals surface area contributed by atoms with E-state index in [0.717, 1.165) is 64.2 Å². The Bertz CT molecular complexity index is 1120. The van der Waals surface area contributed by atoms with Gasteiger partial charge in [0.1, 0.15) is 6.61 Å². The predicted molar refractivity (Wildman–Crippen MR) is 252 cm³/mol. The highest BCUT2D eigenvalue weighted by molar-refractivity contribution is 5.72. The average molecular weight is 845 g/mol. The first kappa shape index (κ1) is 57.3. The summed E-state index contributed by atoms with van der Waals surface area (Å²) in [6, 6.07) is -0.614. The molecule has 0 aromatic heterocycles. The zero-order valence-corrected chi connectivity index (χ0v) is 39.7. The summed E-state index contributed by atoms with van der Waals surface area (Å²) in [6.07, 6.45) is 51.5. The van der Waals surface area contributed by atoms with Crippen molar-refractivity contribution in [3.05, 3.63) is 48.6 Å². The molecule has 2 unspecified atom stereocenters. The summed E-state index contributed by atoms with van der Waals surface area (Å²) in [6.45, 7) is 4.64. The quantitative estimate of drug-likeness (QED) is 0.0282. The molecule has 0 heterocycles. The lowest BCUT2D eigenvalue weighted by atomic mass is 10.0. The standard InChI is InChI=1S/C52H93NO7/c1-6-8-10-12-14-16-18-20-21-22-23-24-25-26-27-28-29-31-32-34-36-38-40-42-50(54)59-47-48(46-58-45-44-49(52(56)57)53(3,4)5)60-51(55)43-41-39-37-35-33-30-19-17-15-13-11-9-7-2/h8,10,14,16,20-21,23-24,48-49H,6-7,9,11-13,15,17-19,22,25-47H2,1-5H3/p+1/b10-8+,16-14+,21-20+,24-23+. The van der Waals surface area contributed by atoms with Crippen LogP contribution in [0, 0.1) is 0 Å². The van der Waals surface area contributed by atoms with Crippen LogP contribution in [0.5, 0.6) is 0 Å². The van der Waals surface area contributed by atoms with Crippen molar-refractivity contribution in [2.75, 3.05) is 41.0 Å². The zero-order chi connectivity index (χ0) is 44.2. The Hall–Kier alpha value is -2.71. The molecule has 0 rings (SSSR count). The average Bonchev–Trinajstić information content (AvgIpc) is 3.21. The van der Waals surface area contributed by atoms with Gasteiger partial charge in [-0.25, -0.2) is 4.79 Å². The Morgan fingerprint density at radius 3 is 1.38 bits per heavy atom. The molecule has 348 valence electrons. The third-order valence-corrected chi connectivity index (χ3v) is 11.0. The number of quaternary nitrogens is 1. The summed E-state index contributed by atoms with van der Waals surface area (Å²) in [7, 11) is 5.53. The number of carboxylic acids is 1. The molecule has 8 heteroatoms. The van der Waals surface area contributed by atoms with Gasteiger partial charge in [0.2, 0.25) is 0 Å². The molecule has 2 atom stereocenters. The third-order valence-electron chi connectivity index (χ3n) is 11.0. The molecule has 0 saturated heterocycles. The molecule has 0 saturated carbocycles. The summed E-state index contributed by atoms with van der Waals surface area (Å²) >= 11 is 0. The monoisotopic (exact) mass is 845 g/mol. The fourth-order valence-electron chi connectivity index (χ4n) is 7.20. The number of hydrogen-bond donors (Lipinski definition) is 1. The summed E-state index contributed by atoms with van der Waals surface area (Å²) in [5, 5.41) is 9.64. The van der Waals surface area contributed by atoms with E-state index in [1.165, 1.54) is 116 Å². The summed E-state index contributed by atoms with van der Waals surface area (Å²) in [5.74, 6) is -1.46. The van der Waals surface area contributed by atoms with E-state index >= 15 is 0 Å². The van der Waals surface area contributed by atoms with Crippen LogP contribution >= 0.6 is 0 Å². The number of rotatable bonds is 44. The molecule has 1 N–H and O–H groups in total. The fraction of sp³-hybridized carbons (Fsp3) is 0.788. The Labute approximate surface area is 369 Å². The molecule has 0 aliphatic rings. The molecular weight excluding hydrogens is 751 g/mol. The molecule has 0 aliphatic heterocycles. The molecule has 0 bridgehead atoms. The Balaban J connectivity index is 4.20. The van der Waals surface area contributed by atoms with Gasteiger partial charge in [0.25, 0.3) is 0 Å². The van der Waals surface area contributed by atoms with Crippen LogP contribution in [0.2, 0.25) is 0 Å². The van der Waals surface area contributed by atoms with Gasteiger partial charge in [-0.3, -0.25) is 9.59 Å². The van der Waals surface area contributed by atoms with Crippen LogP contribution in [-0.2, 0) is 28.6 Å². The lowest BCUT2D eigenvalue weighted by Crippen LogP contribution is -2.50. The summed E-state index contributed by atoms with van der Waals surface area (Å²) < 4.78 is 17.3. The van der Waals surface area contributed by atoms with Crippen molar-refractivity contribution >= 4 is 17.9 Å². The first-order chi connectivity index (χ1) is 29.1. The minimum absolute atomic E-state index is 0.0513. The number of carbonyl (C=O) groups is 3. The van der Waals surface area contributed by atoms with Crippen LogP contribution in [0.15, 0.2) is 48.6 Å². The van der Waals surface area contributed by atoms with Gasteiger partial charge in [-0.2, -0.15) is 0 Å². The summed E-state index contributed by atoms with van der Waals surface area (Å²) in [4.78, 5) is 37.1. The number of aliphatic carboxylic acids is 1. The van der Waals surface area contributed by atoms with Gasteiger partial charge in [0.05, 0.1) is 34.4 Å². The van der Waals surface area contributed by atoms with Crippen LogP contribution in [0.1, 0.15) is 213 Å². The number of hydrogen-bond acceptors (Lipinski definition) is 6. The first-order valence-corrected chi connectivity index (χ1v) is 24.7. The molecule has 0 aromatic carbocycles. The maximum absolute atomic E-state index is 12.7. The number of carbonyl (C=O) groups excluding carboxylic acids is 2. The number of esters is 2. The topological polar surface area (TPSA) is 99.1 Å². The maximum atomic E-state index is 12.7. The predicted octanol–water partition coefficient (Wildman–Crippen LogP) is 14.0. The lowest BCUT2D eigenvalue weighted by Gasteiger charge is -2.31. The SMILES string of the molecule is CC/C=C/C/C=C/C/C=C/C/C=C/CCCCCCCCCCCCC(=O)OCC(COCCC(C(=O)O)[N+](C)(C)C)OC(=O)CCCCCCCCCCCCCCC. The molecular formula is C52H94NO7+. The van der Waals surface area contributed by atoms with E-state index in [-0.39, 0.29) is 36.2 Å². The Morgan fingerprint density at radius 1 is 0.517 bits per heavy atom. The zero-order valence-electron chi connectivity index (χ0n) is 39.7. The van der Waals surface area contributed by atoms with Crippen molar-refractivity contribution in [1.82, 2.24) is 0 Å². The number of unbranched alkanes of at least 4 members (excludes halogenated alkanes) is 22. The van der Waals surface area contributed by atoms with Crippen molar-refractivity contribution in [3.8, 4) is 0 Å². The van der Waals surface area contributed by atoms with Crippen LogP contribution in [0.3, 0.4) is 0 Å². The molecule has 0 amide bonds. The lowest BCUT2D eigenvalue weighted by molar-refractivity contribution is -0.887. The van der Waals surface area contributed by atoms with E-state index in [2.05, 4.69) is 62.5 Å². The van der Waals surface area contributed by atoms with Crippen LogP contribution < -0.4 is 0 Å². The smallest absolute Gasteiger partial charge is 0.362 e. The number of likely N-dealkylation sites (N-methyl/N-ethyl adjacent to an activating group) is 1. The van der Waals surface area contributed by atoms with E-state index in [1.54, 1.807) is 0 Å². The van der Waals surface area contributed by atoms with Crippen LogP contribution in [-0.4, -0.2) is 80.6 Å². The van der Waals surface area contributed by atoms with Gasteiger partial charge in [0.15, 0.2) is 12.1 Å². The van der Waals surface area contributed by atoms with E-state index < -0.39 is 18.1 Å². The van der Waals surface area contributed by atoms with Gasteiger partial charge in [-0.15, -0.1) is 0 Å². The molecule has 8 nitrogen and oxygen atoms in total. The fourth-order valence-corrected chi connectivity index (χ4v) is 7.20. The number of nitrogens with zero attached hydrogens (tertiary/aromatic N) is 1. The van der Waals surface area contributed by atoms with Crippen LogP contribution in [0.4, 0.5) is 0 Å². The third kappa shape index (κ3) is 40.7. The van der Waals surface area contributed by atoms with Gasteiger partial charge in [0, 0.05) is 19.3 Å². The number of carboxylic acid groups (broad SMARTS) is 1. The Kier molecular flexibility index (Phi) is 41.0. The second-order valence-corrected chi connectivity index (χ2v) is 17.7. The minimum Gasteiger partial charge on any atom is -0.477 e. The second-order valence-electron chi connectivity index (χ2n) is 17.7. The van der Waals surface area contributed by atoms with Crippen molar-refractivity contribution in [2.45, 2.75) is 225 Å². The molecule has 0 aromatic rings. The van der Waals surface area contributed by atoms with Crippen molar-refractivity contribution < 1.29 is 38.2 Å². The summed E-state index contributed by atoms with van der Waals surface area (Å²) in [5.41, 5.74) is 0. The van der Waals surface area contributed by atoms with Gasteiger partial charge >= 0.3 is 17.9 Å².